The number of carbonyl (C=O) groups excluding carboxylic acids is 1. The van der Waals surface area contributed by atoms with Gasteiger partial charge in [-0.3, -0.25) is 9.78 Å². The van der Waals surface area contributed by atoms with E-state index in [2.05, 4.69) is 10.3 Å². The first-order chi connectivity index (χ1) is 14.6. The number of benzene rings is 1. The maximum Gasteiger partial charge on any atom is 0.251 e. The summed E-state index contributed by atoms with van der Waals surface area (Å²) in [6.45, 7) is 0.447. The van der Waals surface area contributed by atoms with Gasteiger partial charge in [-0.15, -0.1) is 0 Å². The van der Waals surface area contributed by atoms with E-state index in [0.717, 1.165) is 60.8 Å². The Kier molecular flexibility index (Phi) is 5.05. The molecule has 0 radical (unpaired) electrons. The summed E-state index contributed by atoms with van der Waals surface area (Å²) in [6, 6.07) is 11.5. The lowest BCUT2D eigenvalue weighted by molar-refractivity contribution is -0.0368. The predicted octanol–water partition coefficient (Wildman–Crippen LogP) is 4.08. The van der Waals surface area contributed by atoms with Crippen molar-refractivity contribution in [3.8, 4) is 11.3 Å². The zero-order valence-electron chi connectivity index (χ0n) is 16.8. The summed E-state index contributed by atoms with van der Waals surface area (Å²) >= 11 is 0. The Hall–Kier alpha value is -2.70. The summed E-state index contributed by atoms with van der Waals surface area (Å²) in [5.74, 6) is -0.0484. The van der Waals surface area contributed by atoms with Gasteiger partial charge in [0.15, 0.2) is 0 Å². The molecule has 0 aliphatic heterocycles. The molecule has 0 unspecified atom stereocenters. The van der Waals surface area contributed by atoms with E-state index in [0.29, 0.717) is 12.2 Å². The third kappa shape index (κ3) is 4.11. The maximum atomic E-state index is 12.7. The Labute approximate surface area is 175 Å². The fraction of sp³-hybridized carbons (Fsp3) is 0.417. The van der Waals surface area contributed by atoms with E-state index >= 15 is 0 Å². The van der Waals surface area contributed by atoms with Crippen LogP contribution in [0.5, 0.6) is 0 Å². The van der Waals surface area contributed by atoms with Crippen molar-refractivity contribution >= 4 is 16.9 Å². The summed E-state index contributed by atoms with van der Waals surface area (Å²) in [5.41, 5.74) is 2.69. The second kappa shape index (κ2) is 7.85. The molecule has 2 aliphatic carbocycles. The van der Waals surface area contributed by atoms with E-state index < -0.39 is 5.60 Å². The van der Waals surface area contributed by atoms with Crippen molar-refractivity contribution in [1.82, 2.24) is 10.3 Å². The van der Waals surface area contributed by atoms with Crippen LogP contribution < -0.4 is 5.32 Å². The minimum atomic E-state index is -0.560. The van der Waals surface area contributed by atoms with Crippen molar-refractivity contribution < 1.29 is 19.1 Å². The quantitative estimate of drug-likeness (QED) is 0.644. The van der Waals surface area contributed by atoms with E-state index in [1.807, 2.05) is 36.4 Å². The van der Waals surface area contributed by atoms with Gasteiger partial charge >= 0.3 is 0 Å². The largest absolute Gasteiger partial charge is 0.464 e. The lowest BCUT2D eigenvalue weighted by Gasteiger charge is -2.29. The van der Waals surface area contributed by atoms with Crippen molar-refractivity contribution in [2.75, 3.05) is 6.61 Å². The molecule has 2 fully saturated rings. The smallest absolute Gasteiger partial charge is 0.251 e. The fourth-order valence-corrected chi connectivity index (χ4v) is 4.11. The van der Waals surface area contributed by atoms with Gasteiger partial charge in [-0.2, -0.15) is 0 Å². The molecule has 2 aromatic heterocycles. The molecule has 0 spiro atoms. The number of hydrogen-bond donors (Lipinski definition) is 2. The molecule has 6 heteroatoms. The van der Waals surface area contributed by atoms with Crippen LogP contribution in [0.15, 0.2) is 53.3 Å². The van der Waals surface area contributed by atoms with Gasteiger partial charge in [0, 0.05) is 28.8 Å². The first kappa shape index (κ1) is 19.3. The standard InChI is InChI=1S/C24H26N2O4/c27-23(26-18-5-7-19(8-6-18)30-15-24(28)11-12-24)17-3-1-16(2-4-17)22-20-10-14-29-21(20)9-13-25-22/h1-4,9-10,13-14,18-19,28H,5-8,11-12,15H2,(H,26,27)/t18-,19-. The van der Waals surface area contributed by atoms with Crippen molar-refractivity contribution in [3.63, 3.8) is 0 Å². The summed E-state index contributed by atoms with van der Waals surface area (Å²) < 4.78 is 11.3. The zero-order chi connectivity index (χ0) is 20.6. The van der Waals surface area contributed by atoms with Crippen LogP contribution >= 0.6 is 0 Å². The minimum Gasteiger partial charge on any atom is -0.464 e. The van der Waals surface area contributed by atoms with Gasteiger partial charge in [-0.05, 0) is 62.8 Å². The maximum absolute atomic E-state index is 12.7. The first-order valence-electron chi connectivity index (χ1n) is 10.7. The van der Waals surface area contributed by atoms with Crippen molar-refractivity contribution in [2.24, 2.45) is 0 Å². The summed E-state index contributed by atoms with van der Waals surface area (Å²) in [7, 11) is 0. The third-order valence-corrected chi connectivity index (χ3v) is 6.22. The Bertz CT molecular complexity index is 1030. The number of amides is 1. The molecule has 2 saturated carbocycles. The summed E-state index contributed by atoms with van der Waals surface area (Å²) in [5, 5.41) is 14.0. The van der Waals surface area contributed by atoms with Crippen LogP contribution in [0.2, 0.25) is 0 Å². The number of rotatable bonds is 6. The Morgan fingerprint density at radius 3 is 2.63 bits per heavy atom. The SMILES string of the molecule is O=C(N[C@H]1CC[C@H](OCC2(O)CC2)CC1)c1ccc(-c2nccc3occc23)cc1. The molecule has 6 nitrogen and oxygen atoms in total. The number of furan rings is 1. The van der Waals surface area contributed by atoms with Crippen LogP contribution in [-0.4, -0.2) is 40.4 Å². The minimum absolute atomic E-state index is 0.0484. The van der Waals surface area contributed by atoms with Crippen LogP contribution in [0.4, 0.5) is 0 Å². The molecule has 30 heavy (non-hydrogen) atoms. The van der Waals surface area contributed by atoms with Gasteiger partial charge in [-0.1, -0.05) is 12.1 Å². The molecule has 2 heterocycles. The predicted molar refractivity (Wildman–Crippen MR) is 113 cm³/mol. The van der Waals surface area contributed by atoms with Crippen molar-refractivity contribution in [1.29, 1.82) is 0 Å². The molecule has 0 bridgehead atoms. The molecule has 1 aromatic carbocycles. The number of aromatic nitrogens is 1. The third-order valence-electron chi connectivity index (χ3n) is 6.22. The molecule has 5 rings (SSSR count). The van der Waals surface area contributed by atoms with E-state index in [1.54, 1.807) is 12.5 Å². The zero-order valence-corrected chi connectivity index (χ0v) is 16.8. The molecule has 0 saturated heterocycles. The molecule has 2 aliphatic rings. The van der Waals surface area contributed by atoms with Crippen molar-refractivity contribution in [2.45, 2.75) is 56.3 Å². The highest BCUT2D eigenvalue weighted by Gasteiger charge is 2.41. The molecular weight excluding hydrogens is 380 g/mol. The molecule has 3 aromatic rings. The lowest BCUT2D eigenvalue weighted by atomic mass is 9.92. The Balaban J connectivity index is 1.17. The second-order valence-electron chi connectivity index (χ2n) is 8.55. The van der Waals surface area contributed by atoms with Gasteiger partial charge in [-0.25, -0.2) is 0 Å². The van der Waals surface area contributed by atoms with E-state index in [4.69, 9.17) is 9.15 Å². The molecule has 156 valence electrons. The molecule has 1 amide bonds. The number of nitrogens with zero attached hydrogens (tertiary/aromatic N) is 1. The second-order valence-corrected chi connectivity index (χ2v) is 8.55. The summed E-state index contributed by atoms with van der Waals surface area (Å²) in [6.07, 6.45) is 8.92. The van der Waals surface area contributed by atoms with E-state index in [9.17, 15) is 9.90 Å². The van der Waals surface area contributed by atoms with Crippen LogP contribution in [0.25, 0.3) is 22.2 Å². The average Bonchev–Trinajstić information content (AvgIpc) is 3.31. The molecule has 0 atom stereocenters. The topological polar surface area (TPSA) is 84.6 Å². The van der Waals surface area contributed by atoms with Crippen molar-refractivity contribution in [3.05, 3.63) is 54.4 Å². The Morgan fingerprint density at radius 2 is 1.90 bits per heavy atom. The average molecular weight is 406 g/mol. The van der Waals surface area contributed by atoms with Crippen LogP contribution in [0.1, 0.15) is 48.9 Å². The number of pyridine rings is 1. The number of ether oxygens (including phenoxy) is 1. The normalized spacial score (nSPS) is 22.7. The first-order valence-corrected chi connectivity index (χ1v) is 10.7. The highest BCUT2D eigenvalue weighted by Crippen LogP contribution is 2.36. The van der Waals surface area contributed by atoms with E-state index in [1.165, 1.54) is 0 Å². The van der Waals surface area contributed by atoms with Gasteiger partial charge in [0.05, 0.1) is 30.3 Å². The monoisotopic (exact) mass is 406 g/mol. The van der Waals surface area contributed by atoms with Crippen LogP contribution in [-0.2, 0) is 4.74 Å². The number of nitrogens with one attached hydrogen (secondary N) is 1. The number of carbonyl (C=O) groups is 1. The van der Waals surface area contributed by atoms with Crippen LogP contribution in [0, 0.1) is 0 Å². The number of aliphatic hydroxyl groups is 1. The van der Waals surface area contributed by atoms with Crippen LogP contribution in [0.3, 0.4) is 0 Å². The van der Waals surface area contributed by atoms with Gasteiger partial charge in [0.25, 0.3) is 5.91 Å². The van der Waals surface area contributed by atoms with E-state index in [-0.39, 0.29) is 18.1 Å². The highest BCUT2D eigenvalue weighted by molar-refractivity contribution is 5.96. The molecular formula is C24H26N2O4. The van der Waals surface area contributed by atoms with Gasteiger partial charge in [0.2, 0.25) is 0 Å². The molecule has 2 N–H and O–H groups in total. The lowest BCUT2D eigenvalue weighted by Crippen LogP contribution is -2.39. The Morgan fingerprint density at radius 1 is 1.13 bits per heavy atom. The van der Waals surface area contributed by atoms with Gasteiger partial charge in [0.1, 0.15) is 5.58 Å². The summed E-state index contributed by atoms with van der Waals surface area (Å²) in [4.78, 5) is 17.1. The number of fused-ring (bicyclic) bond motifs is 1. The number of hydrogen-bond acceptors (Lipinski definition) is 5. The fourth-order valence-electron chi connectivity index (χ4n) is 4.11. The van der Waals surface area contributed by atoms with Gasteiger partial charge < -0.3 is 19.6 Å². The highest BCUT2D eigenvalue weighted by atomic mass is 16.5.